The quantitative estimate of drug-likeness (QED) is 0.871. The van der Waals surface area contributed by atoms with Crippen LogP contribution in [0.4, 0.5) is 5.69 Å². The van der Waals surface area contributed by atoms with E-state index in [1.54, 1.807) is 12.1 Å². The van der Waals surface area contributed by atoms with Crippen LogP contribution in [0.1, 0.15) is 33.2 Å². The third-order valence-electron chi connectivity index (χ3n) is 3.49. The number of hydrogen-bond acceptors (Lipinski definition) is 4. The number of anilines is 1. The molecule has 2 amide bonds. The van der Waals surface area contributed by atoms with Gasteiger partial charge in [0.1, 0.15) is 0 Å². The Labute approximate surface area is 122 Å². The molecule has 0 aliphatic carbocycles. The average Bonchev–Trinajstić information content (AvgIpc) is 2.78. The maximum Gasteiger partial charge on any atom is 0.267 e. The molecule has 0 bridgehead atoms. The van der Waals surface area contributed by atoms with Gasteiger partial charge in [-0.15, -0.1) is 0 Å². The number of hydrogen-bond donors (Lipinski definition) is 1. The van der Waals surface area contributed by atoms with E-state index in [4.69, 9.17) is 0 Å². The number of nitrogens with one attached hydrogen (secondary N) is 1. The van der Waals surface area contributed by atoms with Gasteiger partial charge in [0, 0.05) is 18.9 Å². The standard InChI is InChI=1S/C16H15N3O2/c1-2-17-9-11-5-3-4-6-14(11)19-15(20)12-7-8-18-10-13(12)16(19)21/h3-8,10,17H,2,9H2,1H3. The van der Waals surface area contributed by atoms with Gasteiger partial charge >= 0.3 is 0 Å². The zero-order valence-corrected chi connectivity index (χ0v) is 11.7. The SMILES string of the molecule is CCNCc1ccccc1N1C(=O)c2ccncc2C1=O. The van der Waals surface area contributed by atoms with E-state index in [1.165, 1.54) is 17.3 Å². The Morgan fingerprint density at radius 2 is 1.86 bits per heavy atom. The highest BCUT2D eigenvalue weighted by Gasteiger charge is 2.37. The van der Waals surface area contributed by atoms with Crippen LogP contribution in [-0.2, 0) is 6.54 Å². The van der Waals surface area contributed by atoms with Gasteiger partial charge in [-0.1, -0.05) is 25.1 Å². The van der Waals surface area contributed by atoms with E-state index in [2.05, 4.69) is 10.3 Å². The number of carbonyl (C=O) groups excluding carboxylic acids is 2. The molecule has 0 saturated carbocycles. The molecule has 2 heterocycles. The normalized spacial score (nSPS) is 13.7. The number of pyridine rings is 1. The molecule has 0 spiro atoms. The summed E-state index contributed by atoms with van der Waals surface area (Å²) in [6, 6.07) is 9.02. The lowest BCUT2D eigenvalue weighted by Gasteiger charge is -2.18. The number of fused-ring (bicyclic) bond motifs is 1. The van der Waals surface area contributed by atoms with Crippen molar-refractivity contribution in [3.63, 3.8) is 0 Å². The molecule has 5 nitrogen and oxygen atoms in total. The molecule has 1 aliphatic heterocycles. The molecule has 1 N–H and O–H groups in total. The number of carbonyl (C=O) groups is 2. The summed E-state index contributed by atoms with van der Waals surface area (Å²) in [5.74, 6) is -0.603. The van der Waals surface area contributed by atoms with Crippen molar-refractivity contribution in [2.45, 2.75) is 13.5 Å². The van der Waals surface area contributed by atoms with E-state index in [-0.39, 0.29) is 11.8 Å². The fourth-order valence-electron chi connectivity index (χ4n) is 2.44. The first-order valence-corrected chi connectivity index (χ1v) is 6.85. The molecular formula is C16H15N3O2. The Balaban J connectivity index is 2.03. The minimum Gasteiger partial charge on any atom is -0.313 e. The summed E-state index contributed by atoms with van der Waals surface area (Å²) in [7, 11) is 0. The summed E-state index contributed by atoms with van der Waals surface area (Å²) in [5, 5.41) is 3.22. The van der Waals surface area contributed by atoms with Crippen molar-refractivity contribution in [2.75, 3.05) is 11.4 Å². The van der Waals surface area contributed by atoms with Crippen molar-refractivity contribution in [1.82, 2.24) is 10.3 Å². The van der Waals surface area contributed by atoms with E-state index in [9.17, 15) is 9.59 Å². The van der Waals surface area contributed by atoms with Gasteiger partial charge < -0.3 is 5.32 Å². The van der Waals surface area contributed by atoms with Gasteiger partial charge in [-0.25, -0.2) is 4.90 Å². The van der Waals surface area contributed by atoms with Gasteiger partial charge in [0.25, 0.3) is 11.8 Å². The second kappa shape index (κ2) is 5.46. The first-order valence-electron chi connectivity index (χ1n) is 6.85. The predicted molar refractivity (Wildman–Crippen MR) is 79.2 cm³/mol. The summed E-state index contributed by atoms with van der Waals surface area (Å²) >= 11 is 0. The number of para-hydroxylation sites is 1. The third kappa shape index (κ3) is 2.21. The largest absolute Gasteiger partial charge is 0.313 e. The smallest absolute Gasteiger partial charge is 0.267 e. The molecular weight excluding hydrogens is 266 g/mol. The Morgan fingerprint density at radius 1 is 1.10 bits per heavy atom. The Bertz CT molecular complexity index is 677. The molecule has 0 fully saturated rings. The van der Waals surface area contributed by atoms with Crippen LogP contribution in [0.15, 0.2) is 42.7 Å². The molecule has 0 atom stereocenters. The summed E-state index contributed by atoms with van der Waals surface area (Å²) in [4.78, 5) is 30.1. The lowest BCUT2D eigenvalue weighted by atomic mass is 10.1. The van der Waals surface area contributed by atoms with Crippen LogP contribution in [0, 0.1) is 0 Å². The number of imide groups is 1. The van der Waals surface area contributed by atoms with Crippen LogP contribution in [-0.4, -0.2) is 23.3 Å². The van der Waals surface area contributed by atoms with E-state index in [0.717, 1.165) is 12.1 Å². The van der Waals surface area contributed by atoms with Crippen LogP contribution in [0.5, 0.6) is 0 Å². The van der Waals surface area contributed by atoms with E-state index >= 15 is 0 Å². The highest BCUT2D eigenvalue weighted by atomic mass is 16.2. The number of amides is 2. The van der Waals surface area contributed by atoms with Crippen molar-refractivity contribution in [1.29, 1.82) is 0 Å². The minimum atomic E-state index is -0.313. The van der Waals surface area contributed by atoms with Crippen molar-refractivity contribution in [3.05, 3.63) is 59.4 Å². The third-order valence-corrected chi connectivity index (χ3v) is 3.49. The van der Waals surface area contributed by atoms with Crippen LogP contribution in [0.25, 0.3) is 0 Å². The van der Waals surface area contributed by atoms with E-state index < -0.39 is 0 Å². The molecule has 2 aromatic rings. The number of benzene rings is 1. The van der Waals surface area contributed by atoms with Gasteiger partial charge in [-0.3, -0.25) is 14.6 Å². The van der Waals surface area contributed by atoms with Crippen molar-refractivity contribution in [2.24, 2.45) is 0 Å². The second-order valence-corrected chi connectivity index (χ2v) is 4.78. The minimum absolute atomic E-state index is 0.290. The van der Waals surface area contributed by atoms with Crippen LogP contribution < -0.4 is 10.2 Å². The summed E-state index contributed by atoms with van der Waals surface area (Å²) in [6.45, 7) is 3.44. The van der Waals surface area contributed by atoms with Gasteiger partial charge in [-0.05, 0) is 24.2 Å². The zero-order chi connectivity index (χ0) is 14.8. The van der Waals surface area contributed by atoms with Crippen molar-refractivity contribution < 1.29 is 9.59 Å². The topological polar surface area (TPSA) is 62.3 Å². The Morgan fingerprint density at radius 3 is 2.62 bits per heavy atom. The van der Waals surface area contributed by atoms with Crippen molar-refractivity contribution in [3.8, 4) is 0 Å². The summed E-state index contributed by atoms with van der Waals surface area (Å²) < 4.78 is 0. The molecule has 0 radical (unpaired) electrons. The van der Waals surface area contributed by atoms with Gasteiger partial charge in [0.15, 0.2) is 0 Å². The highest BCUT2D eigenvalue weighted by molar-refractivity contribution is 6.34. The summed E-state index contributed by atoms with van der Waals surface area (Å²) in [6.07, 6.45) is 2.97. The molecule has 1 aromatic carbocycles. The molecule has 21 heavy (non-hydrogen) atoms. The average molecular weight is 281 g/mol. The Hall–Kier alpha value is -2.53. The van der Waals surface area contributed by atoms with E-state index in [1.807, 2.05) is 25.1 Å². The number of nitrogens with zero attached hydrogens (tertiary/aromatic N) is 2. The fraction of sp³-hybridized carbons (Fsp3) is 0.188. The van der Waals surface area contributed by atoms with Gasteiger partial charge in [0.05, 0.1) is 16.8 Å². The van der Waals surface area contributed by atoms with Gasteiger partial charge in [-0.2, -0.15) is 0 Å². The highest BCUT2D eigenvalue weighted by Crippen LogP contribution is 2.30. The second-order valence-electron chi connectivity index (χ2n) is 4.78. The first-order chi connectivity index (χ1) is 10.2. The van der Waals surface area contributed by atoms with E-state index in [0.29, 0.717) is 23.4 Å². The molecule has 3 rings (SSSR count). The fourth-order valence-corrected chi connectivity index (χ4v) is 2.44. The van der Waals surface area contributed by atoms with Crippen LogP contribution >= 0.6 is 0 Å². The lowest BCUT2D eigenvalue weighted by Crippen LogP contribution is -2.31. The predicted octanol–water partition coefficient (Wildman–Crippen LogP) is 1.99. The maximum atomic E-state index is 12.5. The molecule has 1 aromatic heterocycles. The monoisotopic (exact) mass is 281 g/mol. The van der Waals surface area contributed by atoms with Crippen molar-refractivity contribution >= 4 is 17.5 Å². The Kier molecular flexibility index (Phi) is 3.50. The molecule has 5 heteroatoms. The molecule has 0 saturated heterocycles. The zero-order valence-electron chi connectivity index (χ0n) is 11.7. The molecule has 0 unspecified atom stereocenters. The van der Waals surface area contributed by atoms with Crippen LogP contribution in [0.3, 0.4) is 0 Å². The molecule has 106 valence electrons. The van der Waals surface area contributed by atoms with Crippen LogP contribution in [0.2, 0.25) is 0 Å². The summed E-state index contributed by atoms with van der Waals surface area (Å²) in [5.41, 5.74) is 2.32. The molecule has 1 aliphatic rings. The first kappa shape index (κ1) is 13.5. The maximum absolute atomic E-state index is 12.5. The van der Waals surface area contributed by atoms with Gasteiger partial charge in [0.2, 0.25) is 0 Å². The lowest BCUT2D eigenvalue weighted by molar-refractivity contribution is 0.0926. The number of aromatic nitrogens is 1. The number of rotatable bonds is 4.